The van der Waals surface area contributed by atoms with Gasteiger partial charge in [-0.05, 0) is 38.5 Å². The van der Waals surface area contributed by atoms with E-state index in [4.69, 9.17) is 4.74 Å². The van der Waals surface area contributed by atoms with E-state index in [0.717, 1.165) is 29.9 Å². The molecule has 0 saturated heterocycles. The monoisotopic (exact) mass is 453 g/mol. The quantitative estimate of drug-likeness (QED) is 0.278. The predicted molar refractivity (Wildman–Crippen MR) is 120 cm³/mol. The number of Topliss-reactive ketones (excluding diaryl/α,β-unsaturated/α-hetero) is 1. The summed E-state index contributed by atoms with van der Waals surface area (Å²) < 4.78 is 33.7. The van der Waals surface area contributed by atoms with E-state index in [2.05, 4.69) is 9.55 Å². The summed E-state index contributed by atoms with van der Waals surface area (Å²) in [6, 6.07) is 5.13. The van der Waals surface area contributed by atoms with Gasteiger partial charge in [0, 0.05) is 56.5 Å². The molecule has 0 aromatic carbocycles. The number of carbonyl (C=O) groups excluding carboxylic acids is 1. The zero-order chi connectivity index (χ0) is 22.3. The van der Waals surface area contributed by atoms with Gasteiger partial charge in [0.25, 0.3) is 0 Å². The summed E-state index contributed by atoms with van der Waals surface area (Å²) in [6.45, 7) is 9.89. The molecule has 9 heteroatoms. The Bertz CT molecular complexity index is 949. The first kappa shape index (κ1) is 24.6. The van der Waals surface area contributed by atoms with Gasteiger partial charge in [0.15, 0.2) is 5.78 Å². The molecule has 2 rings (SSSR count). The summed E-state index contributed by atoms with van der Waals surface area (Å²) in [5.74, 6) is 0.282. The number of carbonyl (C=O) groups is 1. The van der Waals surface area contributed by atoms with Crippen molar-refractivity contribution in [1.29, 1.82) is 0 Å². The smallest absolute Gasteiger partial charge is 0.244 e. The van der Waals surface area contributed by atoms with Crippen LogP contribution in [0.25, 0.3) is 0 Å². The van der Waals surface area contributed by atoms with Gasteiger partial charge in [-0.3, -0.25) is 4.79 Å². The van der Waals surface area contributed by atoms with E-state index in [1.54, 1.807) is 33.1 Å². The van der Waals surface area contributed by atoms with Gasteiger partial charge in [0.1, 0.15) is 4.90 Å². The minimum Gasteiger partial charge on any atom is -0.385 e. The second-order valence-corrected chi connectivity index (χ2v) is 9.85. The molecular formula is C21H31N3O4S2. The minimum absolute atomic E-state index is 0.0349. The molecule has 0 bridgehead atoms. The molecule has 2 aromatic rings. The van der Waals surface area contributed by atoms with Gasteiger partial charge < -0.3 is 9.30 Å². The molecule has 0 spiro atoms. The lowest BCUT2D eigenvalue weighted by molar-refractivity contribution is 0.102. The Labute approximate surface area is 183 Å². The Morgan fingerprint density at radius 3 is 2.50 bits per heavy atom. The van der Waals surface area contributed by atoms with Crippen LogP contribution in [0.5, 0.6) is 0 Å². The summed E-state index contributed by atoms with van der Waals surface area (Å²) in [4.78, 5) is 17.1. The maximum absolute atomic E-state index is 12.7. The van der Waals surface area contributed by atoms with Crippen molar-refractivity contribution in [3.8, 4) is 0 Å². The number of pyridine rings is 1. The molecule has 0 saturated carbocycles. The fourth-order valence-corrected chi connectivity index (χ4v) is 5.46. The molecule has 2 heterocycles. The van der Waals surface area contributed by atoms with Gasteiger partial charge in [-0.25, -0.2) is 13.4 Å². The van der Waals surface area contributed by atoms with Crippen LogP contribution in [-0.2, 0) is 21.3 Å². The molecule has 0 aliphatic heterocycles. The Balaban J connectivity index is 2.04. The van der Waals surface area contributed by atoms with Crippen molar-refractivity contribution < 1.29 is 17.9 Å². The zero-order valence-electron chi connectivity index (χ0n) is 18.3. The van der Waals surface area contributed by atoms with Crippen LogP contribution < -0.4 is 0 Å². The third kappa shape index (κ3) is 5.72. The van der Waals surface area contributed by atoms with Crippen LogP contribution >= 0.6 is 11.8 Å². The Morgan fingerprint density at radius 2 is 1.93 bits per heavy atom. The topological polar surface area (TPSA) is 81.5 Å². The van der Waals surface area contributed by atoms with Crippen LogP contribution in [0.2, 0.25) is 0 Å². The van der Waals surface area contributed by atoms with Gasteiger partial charge >= 0.3 is 0 Å². The molecule has 0 atom stereocenters. The van der Waals surface area contributed by atoms with Crippen molar-refractivity contribution in [2.75, 3.05) is 32.6 Å². The number of hydrogen-bond acceptors (Lipinski definition) is 6. The molecule has 30 heavy (non-hydrogen) atoms. The maximum atomic E-state index is 12.7. The zero-order valence-corrected chi connectivity index (χ0v) is 20.0. The fraction of sp³-hybridized carbons (Fsp3) is 0.524. The highest BCUT2D eigenvalue weighted by Gasteiger charge is 2.22. The first-order valence-corrected chi connectivity index (χ1v) is 12.5. The molecule has 0 unspecified atom stereocenters. The minimum atomic E-state index is -3.53. The van der Waals surface area contributed by atoms with Crippen molar-refractivity contribution in [3.05, 3.63) is 41.3 Å². The van der Waals surface area contributed by atoms with Crippen LogP contribution in [-0.4, -0.2) is 60.6 Å². The molecule has 166 valence electrons. The van der Waals surface area contributed by atoms with E-state index in [0.29, 0.717) is 24.7 Å². The highest BCUT2D eigenvalue weighted by molar-refractivity contribution is 7.99. The summed E-state index contributed by atoms with van der Waals surface area (Å²) in [6.07, 6.45) is 2.25. The standard InChI is InChI=1S/C21H31N3O4S2/c1-6-23(7-2)30(26,27)18-9-10-21(22-14-18)29-15-20(25)19-13-16(3)24(17(19)4)11-8-12-28-5/h9-10,13-14H,6-8,11-12,15H2,1-5H3. The van der Waals surface area contributed by atoms with Gasteiger partial charge in [0.05, 0.1) is 10.8 Å². The normalized spacial score (nSPS) is 11.9. The van der Waals surface area contributed by atoms with Crippen LogP contribution in [0.4, 0.5) is 0 Å². The fourth-order valence-electron chi connectivity index (χ4n) is 3.33. The van der Waals surface area contributed by atoms with E-state index in [-0.39, 0.29) is 16.4 Å². The van der Waals surface area contributed by atoms with E-state index in [1.165, 1.54) is 22.3 Å². The third-order valence-corrected chi connectivity index (χ3v) is 7.99. The lowest BCUT2D eigenvalue weighted by Gasteiger charge is -2.18. The molecule has 0 aliphatic carbocycles. The number of nitrogens with zero attached hydrogens (tertiary/aromatic N) is 3. The lowest BCUT2D eigenvalue weighted by Crippen LogP contribution is -2.30. The molecule has 0 fully saturated rings. The number of hydrogen-bond donors (Lipinski definition) is 0. The number of ketones is 1. The van der Waals surface area contributed by atoms with Crippen LogP contribution in [0, 0.1) is 13.8 Å². The summed E-state index contributed by atoms with van der Waals surface area (Å²) >= 11 is 1.31. The number of aromatic nitrogens is 2. The Kier molecular flexibility index (Phi) is 9.09. The van der Waals surface area contributed by atoms with Crippen molar-refractivity contribution >= 4 is 27.6 Å². The van der Waals surface area contributed by atoms with E-state index in [9.17, 15) is 13.2 Å². The average Bonchev–Trinajstić information content (AvgIpc) is 3.01. The van der Waals surface area contributed by atoms with Crippen molar-refractivity contribution in [2.45, 2.75) is 50.6 Å². The molecule has 0 N–H and O–H groups in total. The maximum Gasteiger partial charge on any atom is 0.244 e. The predicted octanol–water partition coefficient (Wildman–Crippen LogP) is 3.54. The molecule has 0 aliphatic rings. The van der Waals surface area contributed by atoms with Crippen molar-refractivity contribution in [3.63, 3.8) is 0 Å². The number of thioether (sulfide) groups is 1. The van der Waals surface area contributed by atoms with Crippen molar-refractivity contribution in [1.82, 2.24) is 13.9 Å². The van der Waals surface area contributed by atoms with Crippen LogP contribution in [0.1, 0.15) is 42.0 Å². The first-order valence-electron chi connectivity index (χ1n) is 10.0. The molecule has 2 aromatic heterocycles. The van der Waals surface area contributed by atoms with E-state index < -0.39 is 10.0 Å². The number of methoxy groups -OCH3 is 1. The van der Waals surface area contributed by atoms with Gasteiger partial charge in [-0.2, -0.15) is 4.31 Å². The largest absolute Gasteiger partial charge is 0.385 e. The highest BCUT2D eigenvalue weighted by atomic mass is 32.2. The highest BCUT2D eigenvalue weighted by Crippen LogP contribution is 2.23. The van der Waals surface area contributed by atoms with Crippen LogP contribution in [0.3, 0.4) is 0 Å². The number of sulfonamides is 1. The number of rotatable bonds is 12. The van der Waals surface area contributed by atoms with Crippen LogP contribution in [0.15, 0.2) is 34.3 Å². The first-order chi connectivity index (χ1) is 14.3. The Morgan fingerprint density at radius 1 is 1.23 bits per heavy atom. The molecule has 7 nitrogen and oxygen atoms in total. The van der Waals surface area contributed by atoms with Gasteiger partial charge in [0.2, 0.25) is 10.0 Å². The third-order valence-electron chi connectivity index (χ3n) is 5.01. The number of ether oxygens (including phenoxy) is 1. The van der Waals surface area contributed by atoms with Gasteiger partial charge in [-0.1, -0.05) is 25.6 Å². The lowest BCUT2D eigenvalue weighted by atomic mass is 10.2. The second kappa shape index (κ2) is 11.1. The second-order valence-electron chi connectivity index (χ2n) is 6.92. The number of aryl methyl sites for hydroxylation is 1. The van der Waals surface area contributed by atoms with E-state index in [1.807, 2.05) is 19.9 Å². The van der Waals surface area contributed by atoms with Crippen molar-refractivity contribution in [2.24, 2.45) is 0 Å². The molecule has 0 amide bonds. The summed E-state index contributed by atoms with van der Waals surface area (Å²) in [5.41, 5.74) is 2.74. The Hall–Kier alpha value is -1.68. The van der Waals surface area contributed by atoms with Gasteiger partial charge in [-0.15, -0.1) is 0 Å². The average molecular weight is 454 g/mol. The summed E-state index contributed by atoms with van der Waals surface area (Å²) in [5, 5.41) is 0.621. The SMILES string of the molecule is CCN(CC)S(=O)(=O)c1ccc(SCC(=O)c2cc(C)n(CCCOC)c2C)nc1. The molecular weight excluding hydrogens is 422 g/mol. The molecule has 0 radical (unpaired) electrons. The summed E-state index contributed by atoms with van der Waals surface area (Å²) in [7, 11) is -1.84. The van der Waals surface area contributed by atoms with E-state index >= 15 is 0 Å².